The van der Waals surface area contributed by atoms with Crippen LogP contribution in [0, 0.1) is 23.2 Å². The number of aliphatic hydroxyl groups excluding tert-OH is 1. The fraction of sp³-hybridized carbons (Fsp3) is 1.00. The van der Waals surface area contributed by atoms with Crippen LogP contribution in [-0.2, 0) is 9.47 Å². The highest BCUT2D eigenvalue weighted by atomic mass is 16.7. The molecule has 0 aromatic carbocycles. The number of hydrogen-bond donors (Lipinski definition) is 1. The van der Waals surface area contributed by atoms with Crippen LogP contribution in [0.5, 0.6) is 0 Å². The lowest BCUT2D eigenvalue weighted by Gasteiger charge is -2.51. The molecule has 5 aliphatic rings. The van der Waals surface area contributed by atoms with E-state index in [0.717, 1.165) is 24.7 Å². The molecule has 0 amide bonds. The molecule has 5 rings (SSSR count). The topological polar surface area (TPSA) is 38.7 Å². The maximum absolute atomic E-state index is 9.77. The van der Waals surface area contributed by atoms with E-state index in [1.54, 1.807) is 0 Å². The van der Waals surface area contributed by atoms with Gasteiger partial charge in [0.2, 0.25) is 0 Å². The average molecular weight is 210 g/mol. The standard InChI is InChI=1S/C12H18O3/c13-7-11-5-8-3-10(4-9(8)6-11)12(11)14-1-2-15-12/h8-10,13H,1-7H2. The van der Waals surface area contributed by atoms with Crippen molar-refractivity contribution >= 4 is 0 Å². The smallest absolute Gasteiger partial charge is 0.179 e. The van der Waals surface area contributed by atoms with Crippen LogP contribution >= 0.6 is 0 Å². The third-order valence-corrected chi connectivity index (χ3v) is 5.44. The van der Waals surface area contributed by atoms with E-state index in [9.17, 15) is 5.11 Å². The fourth-order valence-electron chi connectivity index (χ4n) is 5.04. The number of aliphatic hydroxyl groups is 1. The van der Waals surface area contributed by atoms with Crippen molar-refractivity contribution in [1.82, 2.24) is 0 Å². The first-order valence-electron chi connectivity index (χ1n) is 6.18. The lowest BCUT2D eigenvalue weighted by atomic mass is 9.64. The van der Waals surface area contributed by atoms with Crippen LogP contribution < -0.4 is 0 Å². The second-order valence-electron chi connectivity index (χ2n) is 5.90. The summed E-state index contributed by atoms with van der Waals surface area (Å²) in [6.07, 6.45) is 4.80. The molecule has 5 fully saturated rings. The Kier molecular flexibility index (Phi) is 1.54. The molecule has 1 spiro atoms. The van der Waals surface area contributed by atoms with E-state index in [2.05, 4.69) is 0 Å². The van der Waals surface area contributed by atoms with E-state index in [1.807, 2.05) is 0 Å². The first kappa shape index (κ1) is 8.97. The van der Waals surface area contributed by atoms with Crippen LogP contribution in [0.15, 0.2) is 0 Å². The zero-order valence-electron chi connectivity index (χ0n) is 8.95. The SMILES string of the molecule is OCC12CC3CC(CC3C1)C21OCCO1. The van der Waals surface area contributed by atoms with E-state index in [4.69, 9.17) is 9.47 Å². The van der Waals surface area contributed by atoms with Gasteiger partial charge in [0.05, 0.1) is 19.8 Å². The van der Waals surface area contributed by atoms with Crippen molar-refractivity contribution in [3.63, 3.8) is 0 Å². The molecular weight excluding hydrogens is 192 g/mol. The van der Waals surface area contributed by atoms with Gasteiger partial charge in [-0.25, -0.2) is 0 Å². The predicted molar refractivity (Wildman–Crippen MR) is 53.1 cm³/mol. The zero-order chi connectivity index (χ0) is 10.1. The van der Waals surface area contributed by atoms with Crippen LogP contribution in [0.2, 0.25) is 0 Å². The molecule has 1 aliphatic heterocycles. The Labute approximate surface area is 89.8 Å². The maximum atomic E-state index is 9.77. The highest BCUT2D eigenvalue weighted by molar-refractivity contribution is 5.16. The summed E-state index contributed by atoms with van der Waals surface area (Å²) in [6, 6.07) is 0. The molecule has 0 aromatic heterocycles. The van der Waals surface area contributed by atoms with Crippen LogP contribution in [0.4, 0.5) is 0 Å². The summed E-state index contributed by atoms with van der Waals surface area (Å²) < 4.78 is 11.9. The summed E-state index contributed by atoms with van der Waals surface area (Å²) in [7, 11) is 0. The average Bonchev–Trinajstić information content (AvgIpc) is 2.83. The number of hydrogen-bond acceptors (Lipinski definition) is 3. The van der Waals surface area contributed by atoms with Crippen molar-refractivity contribution in [3.8, 4) is 0 Å². The molecule has 0 aromatic rings. The van der Waals surface area contributed by atoms with Gasteiger partial charge in [-0.1, -0.05) is 0 Å². The molecule has 1 heterocycles. The van der Waals surface area contributed by atoms with Crippen LogP contribution in [0.25, 0.3) is 0 Å². The molecule has 4 bridgehead atoms. The number of rotatable bonds is 1. The monoisotopic (exact) mass is 210 g/mol. The molecule has 4 saturated carbocycles. The van der Waals surface area contributed by atoms with Crippen LogP contribution in [0.3, 0.4) is 0 Å². The summed E-state index contributed by atoms with van der Waals surface area (Å²) in [5, 5.41) is 9.77. The molecule has 84 valence electrons. The first-order chi connectivity index (χ1) is 7.30. The van der Waals surface area contributed by atoms with Gasteiger partial charge in [0.1, 0.15) is 0 Å². The zero-order valence-corrected chi connectivity index (χ0v) is 8.95. The van der Waals surface area contributed by atoms with Crippen molar-refractivity contribution < 1.29 is 14.6 Å². The van der Waals surface area contributed by atoms with Gasteiger partial charge >= 0.3 is 0 Å². The van der Waals surface area contributed by atoms with Gasteiger partial charge in [0.25, 0.3) is 0 Å². The van der Waals surface area contributed by atoms with Gasteiger partial charge < -0.3 is 14.6 Å². The Morgan fingerprint density at radius 1 is 1.07 bits per heavy atom. The van der Waals surface area contributed by atoms with Crippen LogP contribution in [0.1, 0.15) is 25.7 Å². The molecule has 0 radical (unpaired) electrons. The second kappa shape index (κ2) is 2.58. The molecule has 15 heavy (non-hydrogen) atoms. The predicted octanol–water partition coefficient (Wildman–Crippen LogP) is 1.16. The summed E-state index contributed by atoms with van der Waals surface area (Å²) >= 11 is 0. The molecule has 1 saturated heterocycles. The van der Waals surface area contributed by atoms with Gasteiger partial charge in [0.15, 0.2) is 5.79 Å². The minimum atomic E-state index is -0.398. The van der Waals surface area contributed by atoms with Crippen molar-refractivity contribution in [2.24, 2.45) is 23.2 Å². The Bertz CT molecular complexity index is 281. The van der Waals surface area contributed by atoms with E-state index in [1.165, 1.54) is 12.8 Å². The molecule has 3 heteroatoms. The first-order valence-corrected chi connectivity index (χ1v) is 6.18. The summed E-state index contributed by atoms with van der Waals surface area (Å²) in [5.41, 5.74) is -0.0556. The van der Waals surface area contributed by atoms with Crippen molar-refractivity contribution in [3.05, 3.63) is 0 Å². The quantitative estimate of drug-likeness (QED) is 0.705. The van der Waals surface area contributed by atoms with Crippen molar-refractivity contribution in [2.45, 2.75) is 31.5 Å². The third kappa shape index (κ3) is 0.820. The largest absolute Gasteiger partial charge is 0.396 e. The minimum Gasteiger partial charge on any atom is -0.396 e. The summed E-state index contributed by atoms with van der Waals surface area (Å²) in [6.45, 7) is 1.68. The molecule has 2 unspecified atom stereocenters. The number of ether oxygens (including phenoxy) is 2. The van der Waals surface area contributed by atoms with Gasteiger partial charge in [-0.05, 0) is 37.5 Å². The Hall–Kier alpha value is -0.120. The lowest BCUT2D eigenvalue weighted by Crippen LogP contribution is -2.58. The maximum Gasteiger partial charge on any atom is 0.179 e. The summed E-state index contributed by atoms with van der Waals surface area (Å²) in [4.78, 5) is 0. The normalized spacial score (nSPS) is 54.6. The van der Waals surface area contributed by atoms with Crippen LogP contribution in [-0.4, -0.2) is 30.7 Å². The lowest BCUT2D eigenvalue weighted by molar-refractivity contribution is -0.295. The highest BCUT2D eigenvalue weighted by Gasteiger charge is 2.71. The Balaban J connectivity index is 1.82. The Morgan fingerprint density at radius 2 is 1.67 bits per heavy atom. The van der Waals surface area contributed by atoms with Crippen molar-refractivity contribution in [2.75, 3.05) is 19.8 Å². The molecule has 4 aliphatic carbocycles. The molecular formula is C12H18O3. The molecule has 2 atom stereocenters. The van der Waals surface area contributed by atoms with E-state index in [-0.39, 0.29) is 12.0 Å². The van der Waals surface area contributed by atoms with Gasteiger partial charge in [-0.3, -0.25) is 0 Å². The van der Waals surface area contributed by atoms with E-state index >= 15 is 0 Å². The third-order valence-electron chi connectivity index (χ3n) is 5.44. The Morgan fingerprint density at radius 3 is 2.20 bits per heavy atom. The van der Waals surface area contributed by atoms with Gasteiger partial charge in [-0.2, -0.15) is 0 Å². The van der Waals surface area contributed by atoms with E-state index in [0.29, 0.717) is 19.1 Å². The molecule has 1 N–H and O–H groups in total. The minimum absolute atomic E-state index is 0.0556. The molecule has 3 nitrogen and oxygen atoms in total. The second-order valence-corrected chi connectivity index (χ2v) is 5.90. The highest BCUT2D eigenvalue weighted by Crippen LogP contribution is 2.70. The van der Waals surface area contributed by atoms with Crippen molar-refractivity contribution in [1.29, 1.82) is 0 Å². The van der Waals surface area contributed by atoms with Gasteiger partial charge in [-0.15, -0.1) is 0 Å². The van der Waals surface area contributed by atoms with Gasteiger partial charge in [0, 0.05) is 11.3 Å². The summed E-state index contributed by atoms with van der Waals surface area (Å²) in [5.74, 6) is 1.86. The fourth-order valence-corrected chi connectivity index (χ4v) is 5.04. The van der Waals surface area contributed by atoms with E-state index < -0.39 is 5.79 Å².